The number of ether oxygens (including phenoxy) is 1. The number of hydrogen-bond donors (Lipinski definition) is 1. The van der Waals surface area contributed by atoms with Crippen LogP contribution >= 0.6 is 0 Å². The highest BCUT2D eigenvalue weighted by Crippen LogP contribution is 2.23. The van der Waals surface area contributed by atoms with Gasteiger partial charge in [-0.3, -0.25) is 4.79 Å². The second-order valence-corrected chi connectivity index (χ2v) is 5.22. The number of benzene rings is 2. The molecule has 6 heteroatoms. The van der Waals surface area contributed by atoms with E-state index < -0.39 is 0 Å². The van der Waals surface area contributed by atoms with Gasteiger partial charge in [-0.1, -0.05) is 12.1 Å². The number of amides is 1. The highest BCUT2D eigenvalue weighted by molar-refractivity contribution is 5.96. The maximum absolute atomic E-state index is 13.0. The van der Waals surface area contributed by atoms with Crippen molar-refractivity contribution < 1.29 is 18.3 Å². The fourth-order valence-corrected chi connectivity index (χ4v) is 2.14. The van der Waals surface area contributed by atoms with Gasteiger partial charge in [0.15, 0.2) is 0 Å². The largest absolute Gasteiger partial charge is 0.438 e. The summed E-state index contributed by atoms with van der Waals surface area (Å²) < 4.78 is 31.4. The molecule has 0 saturated carbocycles. The summed E-state index contributed by atoms with van der Waals surface area (Å²) in [6.07, 6.45) is 1.50. The molecule has 0 aliphatic rings. The standard InChI is InChI=1S/C19H14F2N2O2/c20-14-5-3-13(4-6-14)12-23-18(24)17-2-1-11-22-19(17)25-16-9-7-15(21)8-10-16/h1-11H,12H2,(H,23,24). The van der Waals surface area contributed by atoms with Crippen LogP contribution in [-0.2, 0) is 6.54 Å². The molecule has 1 aromatic heterocycles. The van der Waals surface area contributed by atoms with E-state index in [1.165, 1.54) is 42.6 Å². The lowest BCUT2D eigenvalue weighted by molar-refractivity contribution is 0.0948. The van der Waals surface area contributed by atoms with Crippen molar-refractivity contribution in [2.75, 3.05) is 0 Å². The highest BCUT2D eigenvalue weighted by Gasteiger charge is 2.14. The predicted molar refractivity (Wildman–Crippen MR) is 88.3 cm³/mol. The van der Waals surface area contributed by atoms with Crippen molar-refractivity contribution in [2.24, 2.45) is 0 Å². The number of carbonyl (C=O) groups is 1. The summed E-state index contributed by atoms with van der Waals surface area (Å²) in [7, 11) is 0. The van der Waals surface area contributed by atoms with Gasteiger partial charge in [0, 0.05) is 12.7 Å². The van der Waals surface area contributed by atoms with E-state index >= 15 is 0 Å². The van der Waals surface area contributed by atoms with Gasteiger partial charge in [0.2, 0.25) is 5.88 Å². The van der Waals surface area contributed by atoms with Gasteiger partial charge in [-0.2, -0.15) is 0 Å². The van der Waals surface area contributed by atoms with Crippen molar-refractivity contribution in [3.05, 3.63) is 89.6 Å². The lowest BCUT2D eigenvalue weighted by atomic mass is 10.2. The van der Waals surface area contributed by atoms with Crippen molar-refractivity contribution in [3.8, 4) is 11.6 Å². The molecule has 0 spiro atoms. The lowest BCUT2D eigenvalue weighted by Gasteiger charge is -2.10. The number of carbonyl (C=O) groups excluding carboxylic acids is 1. The van der Waals surface area contributed by atoms with Crippen LogP contribution in [0.15, 0.2) is 66.9 Å². The summed E-state index contributed by atoms with van der Waals surface area (Å²) in [4.78, 5) is 16.4. The third-order valence-corrected chi connectivity index (χ3v) is 3.41. The van der Waals surface area contributed by atoms with Gasteiger partial charge in [-0.25, -0.2) is 13.8 Å². The molecule has 0 aliphatic carbocycles. The number of aromatic nitrogens is 1. The number of halogens is 2. The van der Waals surface area contributed by atoms with Crippen LogP contribution in [0.3, 0.4) is 0 Å². The van der Waals surface area contributed by atoms with Gasteiger partial charge < -0.3 is 10.1 Å². The first-order chi connectivity index (χ1) is 12.1. The molecule has 0 radical (unpaired) electrons. The molecule has 0 aliphatic heterocycles. The van der Waals surface area contributed by atoms with E-state index in [4.69, 9.17) is 4.74 Å². The van der Waals surface area contributed by atoms with Gasteiger partial charge in [0.25, 0.3) is 5.91 Å². The number of nitrogens with one attached hydrogen (secondary N) is 1. The quantitative estimate of drug-likeness (QED) is 0.761. The average Bonchev–Trinajstić information content (AvgIpc) is 2.63. The summed E-state index contributed by atoms with van der Waals surface area (Å²) in [6, 6.07) is 14.4. The Bertz CT molecular complexity index is 865. The topological polar surface area (TPSA) is 51.2 Å². The van der Waals surface area contributed by atoms with Crippen LogP contribution in [0.5, 0.6) is 11.6 Å². The minimum Gasteiger partial charge on any atom is -0.438 e. The maximum Gasteiger partial charge on any atom is 0.257 e. The Balaban J connectivity index is 1.71. The Morgan fingerprint density at radius 2 is 1.60 bits per heavy atom. The number of nitrogens with zero attached hydrogens (tertiary/aromatic N) is 1. The Morgan fingerprint density at radius 1 is 0.960 bits per heavy atom. The molecule has 1 heterocycles. The maximum atomic E-state index is 13.0. The van der Waals surface area contributed by atoms with Crippen LogP contribution < -0.4 is 10.1 Å². The lowest BCUT2D eigenvalue weighted by Crippen LogP contribution is -2.23. The van der Waals surface area contributed by atoms with Crippen molar-refractivity contribution in [2.45, 2.75) is 6.54 Å². The summed E-state index contributed by atoms with van der Waals surface area (Å²) in [6.45, 7) is 0.240. The van der Waals surface area contributed by atoms with E-state index in [1.807, 2.05) is 0 Å². The molecule has 2 aromatic carbocycles. The zero-order valence-corrected chi connectivity index (χ0v) is 13.1. The molecule has 126 valence electrons. The third-order valence-electron chi connectivity index (χ3n) is 3.41. The monoisotopic (exact) mass is 340 g/mol. The van der Waals surface area contributed by atoms with E-state index in [1.54, 1.807) is 24.3 Å². The van der Waals surface area contributed by atoms with Crippen molar-refractivity contribution in [1.82, 2.24) is 10.3 Å². The second kappa shape index (κ2) is 7.53. The molecule has 4 nitrogen and oxygen atoms in total. The SMILES string of the molecule is O=C(NCc1ccc(F)cc1)c1cccnc1Oc1ccc(F)cc1. The smallest absolute Gasteiger partial charge is 0.257 e. The van der Waals surface area contributed by atoms with Crippen molar-refractivity contribution >= 4 is 5.91 Å². The molecule has 0 saturated heterocycles. The second-order valence-electron chi connectivity index (χ2n) is 5.22. The van der Waals surface area contributed by atoms with Crippen LogP contribution in [-0.4, -0.2) is 10.9 Å². The normalized spacial score (nSPS) is 10.3. The van der Waals surface area contributed by atoms with Gasteiger partial charge in [-0.15, -0.1) is 0 Å². The Hall–Kier alpha value is -3.28. The molecule has 3 aromatic rings. The molecule has 1 amide bonds. The molecule has 25 heavy (non-hydrogen) atoms. The van der Waals surface area contributed by atoms with E-state index in [2.05, 4.69) is 10.3 Å². The molecule has 3 rings (SSSR count). The zero-order chi connectivity index (χ0) is 17.6. The molecule has 0 atom stereocenters. The van der Waals surface area contributed by atoms with E-state index in [9.17, 15) is 13.6 Å². The third kappa shape index (κ3) is 4.38. The molecule has 0 fully saturated rings. The summed E-state index contributed by atoms with van der Waals surface area (Å²) >= 11 is 0. The molecule has 0 unspecified atom stereocenters. The van der Waals surface area contributed by atoms with Gasteiger partial charge in [0.1, 0.15) is 22.9 Å². The fourth-order valence-electron chi connectivity index (χ4n) is 2.14. The summed E-state index contributed by atoms with van der Waals surface area (Å²) in [5.74, 6) is -0.615. The summed E-state index contributed by atoms with van der Waals surface area (Å²) in [5, 5.41) is 2.73. The Labute approximate surface area is 143 Å². The van der Waals surface area contributed by atoms with E-state index in [-0.39, 0.29) is 35.5 Å². The zero-order valence-electron chi connectivity index (χ0n) is 13.1. The van der Waals surface area contributed by atoms with Crippen molar-refractivity contribution in [1.29, 1.82) is 0 Å². The number of hydrogen-bond acceptors (Lipinski definition) is 3. The van der Waals surface area contributed by atoms with Crippen molar-refractivity contribution in [3.63, 3.8) is 0 Å². The van der Waals surface area contributed by atoms with Gasteiger partial charge in [-0.05, 0) is 54.1 Å². The molecular formula is C19H14F2N2O2. The Kier molecular flexibility index (Phi) is 4.99. The highest BCUT2D eigenvalue weighted by atomic mass is 19.1. The van der Waals surface area contributed by atoms with Crippen LogP contribution in [0.25, 0.3) is 0 Å². The molecule has 0 bridgehead atoms. The predicted octanol–water partition coefficient (Wildman–Crippen LogP) is 4.08. The average molecular weight is 340 g/mol. The van der Waals surface area contributed by atoms with E-state index in [0.29, 0.717) is 5.75 Å². The number of rotatable bonds is 5. The number of pyridine rings is 1. The van der Waals surface area contributed by atoms with Crippen LogP contribution in [0.4, 0.5) is 8.78 Å². The Morgan fingerprint density at radius 3 is 2.28 bits per heavy atom. The first-order valence-electron chi connectivity index (χ1n) is 7.53. The molecule has 1 N–H and O–H groups in total. The van der Waals surface area contributed by atoms with Crippen LogP contribution in [0, 0.1) is 11.6 Å². The first kappa shape index (κ1) is 16.6. The van der Waals surface area contributed by atoms with Crippen LogP contribution in [0.2, 0.25) is 0 Å². The minimum atomic E-state index is -0.384. The fraction of sp³-hybridized carbons (Fsp3) is 0.0526. The first-order valence-corrected chi connectivity index (χ1v) is 7.53. The van der Waals surface area contributed by atoms with Gasteiger partial charge >= 0.3 is 0 Å². The van der Waals surface area contributed by atoms with Crippen LogP contribution in [0.1, 0.15) is 15.9 Å². The minimum absolute atomic E-state index is 0.116. The molecular weight excluding hydrogens is 326 g/mol. The summed E-state index contributed by atoms with van der Waals surface area (Å²) in [5.41, 5.74) is 1.01. The van der Waals surface area contributed by atoms with Gasteiger partial charge in [0.05, 0.1) is 0 Å². The van der Waals surface area contributed by atoms with E-state index in [0.717, 1.165) is 5.56 Å².